The van der Waals surface area contributed by atoms with E-state index in [9.17, 15) is 17.6 Å². The van der Waals surface area contributed by atoms with Crippen LogP contribution in [0.25, 0.3) is 11.2 Å². The molecule has 0 N–H and O–H groups in total. The zero-order valence-corrected chi connectivity index (χ0v) is 15.2. The number of aromatic nitrogens is 4. The second-order valence-corrected chi connectivity index (χ2v) is 7.07. The molecule has 1 saturated heterocycles. The van der Waals surface area contributed by atoms with Gasteiger partial charge >= 0.3 is 6.18 Å². The molecule has 1 aliphatic heterocycles. The molecule has 28 heavy (non-hydrogen) atoms. The lowest BCUT2D eigenvalue weighted by molar-refractivity contribution is -0.138. The number of pyridine rings is 2. The summed E-state index contributed by atoms with van der Waals surface area (Å²) in [5.74, 6) is -0.165. The van der Waals surface area contributed by atoms with Gasteiger partial charge in [-0.3, -0.25) is 9.88 Å². The lowest BCUT2D eigenvalue weighted by Crippen LogP contribution is -2.33. The van der Waals surface area contributed by atoms with Gasteiger partial charge in [0, 0.05) is 25.4 Å². The molecule has 0 saturated carbocycles. The number of alkyl halides is 3. The first kappa shape index (κ1) is 18.8. The number of likely N-dealkylation sites (tertiary alicyclic amines) is 1. The van der Waals surface area contributed by atoms with Crippen molar-refractivity contribution in [2.75, 3.05) is 13.1 Å². The van der Waals surface area contributed by atoms with Gasteiger partial charge in [-0.15, -0.1) is 0 Å². The number of hydrogen-bond acceptors (Lipinski definition) is 4. The monoisotopic (exact) mass is 392 g/mol. The molecular weight excluding hydrogens is 373 g/mol. The first-order valence-electron chi connectivity index (χ1n) is 9.04. The number of fused-ring (bicyclic) bond motifs is 1. The summed E-state index contributed by atoms with van der Waals surface area (Å²) in [6, 6.07) is 4.37. The van der Waals surface area contributed by atoms with E-state index >= 15 is 0 Å². The number of halogens is 4. The minimum atomic E-state index is -4.59. The number of aryl methyl sites for hydroxylation is 1. The molecule has 3 aromatic rings. The Morgan fingerprint density at radius 2 is 1.93 bits per heavy atom. The van der Waals surface area contributed by atoms with Crippen molar-refractivity contribution in [3.63, 3.8) is 0 Å². The van der Waals surface area contributed by atoms with Crippen LogP contribution >= 0.6 is 0 Å². The van der Waals surface area contributed by atoms with Crippen molar-refractivity contribution in [3.05, 3.63) is 53.5 Å². The lowest BCUT2D eigenvalue weighted by atomic mass is 9.92. The van der Waals surface area contributed by atoms with Crippen molar-refractivity contribution < 1.29 is 17.6 Å². The zero-order valence-electron chi connectivity index (χ0n) is 15.2. The largest absolute Gasteiger partial charge is 0.417 e. The predicted octanol–water partition coefficient (Wildman–Crippen LogP) is 3.90. The first-order valence-corrected chi connectivity index (χ1v) is 9.04. The molecule has 148 valence electrons. The van der Waals surface area contributed by atoms with E-state index in [1.54, 1.807) is 6.20 Å². The van der Waals surface area contributed by atoms with Crippen molar-refractivity contribution in [1.29, 1.82) is 0 Å². The number of rotatable bonds is 3. The van der Waals surface area contributed by atoms with E-state index in [-0.39, 0.29) is 11.6 Å². The van der Waals surface area contributed by atoms with Crippen LogP contribution in [0.4, 0.5) is 17.6 Å². The molecule has 0 bridgehead atoms. The van der Waals surface area contributed by atoms with E-state index in [2.05, 4.69) is 19.9 Å². The average molecular weight is 392 g/mol. The molecule has 0 spiro atoms. The molecular formula is C19H19F4N5. The van der Waals surface area contributed by atoms with Crippen molar-refractivity contribution in [1.82, 2.24) is 24.4 Å². The van der Waals surface area contributed by atoms with Gasteiger partial charge in [0.2, 0.25) is 0 Å². The van der Waals surface area contributed by atoms with Gasteiger partial charge < -0.3 is 4.57 Å². The molecule has 9 heteroatoms. The fraction of sp³-hybridized carbons (Fsp3) is 0.421. The van der Waals surface area contributed by atoms with Crippen LogP contribution in [-0.4, -0.2) is 37.5 Å². The first-order chi connectivity index (χ1) is 13.3. The van der Waals surface area contributed by atoms with Crippen molar-refractivity contribution >= 4 is 11.2 Å². The van der Waals surface area contributed by atoms with E-state index in [1.165, 1.54) is 0 Å². The van der Waals surface area contributed by atoms with E-state index in [4.69, 9.17) is 0 Å². The van der Waals surface area contributed by atoms with Gasteiger partial charge in [-0.2, -0.15) is 13.2 Å². The van der Waals surface area contributed by atoms with Gasteiger partial charge in [-0.1, -0.05) is 0 Å². The van der Waals surface area contributed by atoms with Gasteiger partial charge in [0.1, 0.15) is 11.6 Å². The third-order valence-electron chi connectivity index (χ3n) is 5.29. The molecule has 0 atom stereocenters. The van der Waals surface area contributed by atoms with Crippen molar-refractivity contribution in [3.8, 4) is 0 Å². The average Bonchev–Trinajstić information content (AvgIpc) is 2.98. The summed E-state index contributed by atoms with van der Waals surface area (Å²) in [6.45, 7) is 2.04. The molecule has 0 aliphatic carbocycles. The van der Waals surface area contributed by atoms with Crippen molar-refractivity contribution in [2.24, 2.45) is 7.05 Å². The lowest BCUT2D eigenvalue weighted by Gasteiger charge is -2.31. The fourth-order valence-electron chi connectivity index (χ4n) is 3.68. The smallest absolute Gasteiger partial charge is 0.329 e. The van der Waals surface area contributed by atoms with Crippen LogP contribution in [0.15, 0.2) is 30.6 Å². The standard InChI is InChI=1S/C19H19F4N5/c1-27-15-3-2-6-24-18(15)26-16(27)11-28-7-4-12(5-8-28)17-14(20)9-13(10-25-17)19(21,22)23/h2-3,6,9-10,12H,4-5,7-8,11H2,1H3/i20-1. The summed E-state index contributed by atoms with van der Waals surface area (Å²) < 4.78 is 54.2. The molecule has 0 amide bonds. The highest BCUT2D eigenvalue weighted by Gasteiger charge is 2.33. The quantitative estimate of drug-likeness (QED) is 0.635. The van der Waals surface area contributed by atoms with Crippen LogP contribution in [0.5, 0.6) is 0 Å². The van der Waals surface area contributed by atoms with Crippen LogP contribution in [0, 0.1) is 5.82 Å². The molecule has 5 nitrogen and oxygen atoms in total. The van der Waals surface area contributed by atoms with Crippen LogP contribution in [0.3, 0.4) is 0 Å². The summed E-state index contributed by atoms with van der Waals surface area (Å²) in [5, 5.41) is 0. The highest BCUT2D eigenvalue weighted by Crippen LogP contribution is 2.33. The highest BCUT2D eigenvalue weighted by molar-refractivity contribution is 5.71. The maximum atomic E-state index is 14.2. The van der Waals surface area contributed by atoms with E-state index < -0.39 is 17.6 Å². The topological polar surface area (TPSA) is 46.8 Å². The molecule has 3 aromatic heterocycles. The molecule has 1 aliphatic rings. The van der Waals surface area contributed by atoms with E-state index in [0.29, 0.717) is 44.2 Å². The Morgan fingerprint density at radius 1 is 1.18 bits per heavy atom. The second kappa shape index (κ2) is 7.12. The third kappa shape index (κ3) is 3.58. The Labute approximate surface area is 159 Å². The van der Waals surface area contributed by atoms with Gasteiger partial charge in [0.05, 0.1) is 23.3 Å². The van der Waals surface area contributed by atoms with Gasteiger partial charge in [0.15, 0.2) is 5.65 Å². The normalized spacial score (nSPS) is 16.8. The fourth-order valence-corrected chi connectivity index (χ4v) is 3.68. The van der Waals surface area contributed by atoms with E-state index in [0.717, 1.165) is 17.5 Å². The Bertz CT molecular complexity index is 990. The minimum Gasteiger partial charge on any atom is -0.329 e. The molecule has 0 unspecified atom stereocenters. The highest BCUT2D eigenvalue weighted by atomic mass is 19.4. The minimum absolute atomic E-state index is 0.125. The van der Waals surface area contributed by atoms with Crippen LogP contribution in [0.2, 0.25) is 0 Å². The number of imidazole rings is 1. The number of hydrogen-bond donors (Lipinski definition) is 0. The second-order valence-electron chi connectivity index (χ2n) is 7.07. The SMILES string of the molecule is Cn1c(CN2CCC(c3ncc(C(F)(F)F)cc3[18F])CC2)nc2ncccc21. The van der Waals surface area contributed by atoms with Crippen molar-refractivity contribution in [2.45, 2.75) is 31.5 Å². The molecule has 0 aromatic carbocycles. The van der Waals surface area contributed by atoms with Gasteiger partial charge in [-0.25, -0.2) is 14.4 Å². The predicted molar refractivity (Wildman–Crippen MR) is 95.0 cm³/mol. The number of piperidine rings is 1. The van der Waals surface area contributed by atoms with Crippen LogP contribution in [0.1, 0.15) is 35.8 Å². The maximum absolute atomic E-state index is 14.2. The molecule has 4 rings (SSSR count). The summed E-state index contributed by atoms with van der Waals surface area (Å²) >= 11 is 0. The molecule has 0 radical (unpaired) electrons. The Balaban J connectivity index is 1.42. The Kier molecular flexibility index (Phi) is 4.78. The Hall–Kier alpha value is -2.55. The van der Waals surface area contributed by atoms with Crippen LogP contribution < -0.4 is 0 Å². The van der Waals surface area contributed by atoms with Gasteiger partial charge in [-0.05, 0) is 44.1 Å². The molecule has 1 fully saturated rings. The Morgan fingerprint density at radius 3 is 2.57 bits per heavy atom. The summed E-state index contributed by atoms with van der Waals surface area (Å²) in [5.41, 5.74) is 0.732. The maximum Gasteiger partial charge on any atom is 0.417 e. The van der Waals surface area contributed by atoms with E-state index in [1.807, 2.05) is 23.7 Å². The van der Waals surface area contributed by atoms with Crippen LogP contribution in [-0.2, 0) is 19.8 Å². The van der Waals surface area contributed by atoms with Gasteiger partial charge in [0.25, 0.3) is 0 Å². The molecule has 4 heterocycles. The summed E-state index contributed by atoms with van der Waals surface area (Å²) in [6.07, 6.45) is -0.890. The summed E-state index contributed by atoms with van der Waals surface area (Å²) in [4.78, 5) is 14.8. The summed E-state index contributed by atoms with van der Waals surface area (Å²) in [7, 11) is 1.95. The third-order valence-corrected chi connectivity index (χ3v) is 5.29. The number of nitrogens with zero attached hydrogens (tertiary/aromatic N) is 5. The zero-order chi connectivity index (χ0) is 19.9.